The second-order valence-corrected chi connectivity index (χ2v) is 4.95. The molecule has 0 unspecified atom stereocenters. The highest BCUT2D eigenvalue weighted by Crippen LogP contribution is 2.43. The van der Waals surface area contributed by atoms with E-state index in [2.05, 4.69) is 20.8 Å². The fourth-order valence-corrected chi connectivity index (χ4v) is 2.84. The topological polar surface area (TPSA) is 20.2 Å². The molecule has 3 atom stereocenters. The van der Waals surface area contributed by atoms with Crippen LogP contribution in [0.5, 0.6) is 0 Å². The van der Waals surface area contributed by atoms with Crippen LogP contribution < -0.4 is 0 Å². The molecule has 0 bridgehead atoms. The second-order valence-electron chi connectivity index (χ2n) is 3.40. The SMILES string of the molecule is CC[C@@]1(C)SC[C@H](C)[C@@H]1O. The van der Waals surface area contributed by atoms with Gasteiger partial charge < -0.3 is 5.11 Å². The Hall–Kier alpha value is 0.310. The Bertz CT molecular complexity index is 126. The van der Waals surface area contributed by atoms with Crippen molar-refractivity contribution in [3.63, 3.8) is 0 Å². The number of thioether (sulfide) groups is 1. The lowest BCUT2D eigenvalue weighted by molar-refractivity contribution is 0.100. The van der Waals surface area contributed by atoms with Crippen molar-refractivity contribution in [2.45, 2.75) is 38.0 Å². The third-order valence-electron chi connectivity index (χ3n) is 2.54. The summed E-state index contributed by atoms with van der Waals surface area (Å²) in [7, 11) is 0. The lowest BCUT2D eigenvalue weighted by atomic mass is 9.93. The first kappa shape index (κ1) is 8.41. The fraction of sp³-hybridized carbons (Fsp3) is 1.00. The maximum Gasteiger partial charge on any atom is 0.0717 e. The lowest BCUT2D eigenvalue weighted by Gasteiger charge is -2.26. The molecule has 1 heterocycles. The summed E-state index contributed by atoms with van der Waals surface area (Å²) in [4.78, 5) is 0. The van der Waals surface area contributed by atoms with Crippen molar-refractivity contribution in [3.05, 3.63) is 0 Å². The molecule has 0 aromatic rings. The molecule has 0 aromatic heterocycles. The zero-order valence-corrected chi connectivity index (χ0v) is 7.74. The van der Waals surface area contributed by atoms with E-state index in [0.29, 0.717) is 5.92 Å². The van der Waals surface area contributed by atoms with Gasteiger partial charge in [0.1, 0.15) is 0 Å². The molecule has 0 spiro atoms. The zero-order chi connectivity index (χ0) is 7.78. The van der Waals surface area contributed by atoms with E-state index in [1.54, 1.807) is 0 Å². The minimum Gasteiger partial charge on any atom is -0.391 e. The van der Waals surface area contributed by atoms with Gasteiger partial charge in [-0.15, -0.1) is 0 Å². The van der Waals surface area contributed by atoms with Gasteiger partial charge in [0.2, 0.25) is 0 Å². The predicted molar refractivity (Wildman–Crippen MR) is 46.3 cm³/mol. The third-order valence-corrected chi connectivity index (χ3v) is 4.42. The highest BCUT2D eigenvalue weighted by molar-refractivity contribution is 8.01. The monoisotopic (exact) mass is 160 g/mol. The molecule has 60 valence electrons. The van der Waals surface area contributed by atoms with Crippen molar-refractivity contribution in [2.24, 2.45) is 5.92 Å². The highest BCUT2D eigenvalue weighted by Gasteiger charge is 2.41. The van der Waals surface area contributed by atoms with E-state index >= 15 is 0 Å². The van der Waals surface area contributed by atoms with Gasteiger partial charge in [-0.3, -0.25) is 0 Å². The van der Waals surface area contributed by atoms with Crippen LogP contribution in [-0.4, -0.2) is 21.7 Å². The molecule has 2 heteroatoms. The average Bonchev–Trinajstić information content (AvgIpc) is 2.19. The molecule has 0 aromatic carbocycles. The van der Waals surface area contributed by atoms with Gasteiger partial charge >= 0.3 is 0 Å². The summed E-state index contributed by atoms with van der Waals surface area (Å²) in [6.07, 6.45) is 0.978. The molecule has 0 amide bonds. The molecule has 1 saturated heterocycles. The molecular formula is C8H16OS. The molecule has 1 rings (SSSR count). The van der Waals surface area contributed by atoms with Crippen LogP contribution >= 0.6 is 11.8 Å². The first-order valence-electron chi connectivity index (χ1n) is 3.92. The van der Waals surface area contributed by atoms with Crippen molar-refractivity contribution in [1.29, 1.82) is 0 Å². The Morgan fingerprint density at radius 1 is 1.70 bits per heavy atom. The molecule has 0 saturated carbocycles. The van der Waals surface area contributed by atoms with E-state index < -0.39 is 0 Å². The van der Waals surface area contributed by atoms with Crippen LogP contribution in [-0.2, 0) is 0 Å². The maximum absolute atomic E-state index is 9.70. The van der Waals surface area contributed by atoms with Gasteiger partial charge in [0, 0.05) is 4.75 Å². The Morgan fingerprint density at radius 3 is 2.50 bits per heavy atom. The molecule has 0 radical (unpaired) electrons. The third kappa shape index (κ3) is 1.19. The number of hydrogen-bond acceptors (Lipinski definition) is 2. The van der Waals surface area contributed by atoms with Gasteiger partial charge in [-0.1, -0.05) is 13.8 Å². The molecule has 1 aliphatic heterocycles. The molecule has 1 N–H and O–H groups in total. The van der Waals surface area contributed by atoms with E-state index in [9.17, 15) is 5.11 Å². The van der Waals surface area contributed by atoms with Gasteiger partial charge in [0.05, 0.1) is 6.10 Å². The molecule has 0 aliphatic carbocycles. The standard InChI is InChI=1S/C8H16OS/c1-4-8(3)7(9)6(2)5-10-8/h6-7,9H,4-5H2,1-3H3/t6-,7-,8+/m0/s1. The molecular weight excluding hydrogens is 144 g/mol. The van der Waals surface area contributed by atoms with Gasteiger partial charge in [-0.25, -0.2) is 0 Å². The average molecular weight is 160 g/mol. The summed E-state index contributed by atoms with van der Waals surface area (Å²) < 4.78 is 0.138. The van der Waals surface area contributed by atoms with E-state index in [1.165, 1.54) is 0 Å². The van der Waals surface area contributed by atoms with Gasteiger partial charge in [0.15, 0.2) is 0 Å². The number of rotatable bonds is 1. The quantitative estimate of drug-likeness (QED) is 0.632. The fourth-order valence-electron chi connectivity index (χ4n) is 1.41. The number of hydrogen-bond donors (Lipinski definition) is 1. The minimum atomic E-state index is -0.0949. The summed E-state index contributed by atoms with van der Waals surface area (Å²) >= 11 is 1.91. The van der Waals surface area contributed by atoms with Crippen molar-refractivity contribution >= 4 is 11.8 Å². The Labute approximate surface area is 67.2 Å². The van der Waals surface area contributed by atoms with Crippen LogP contribution in [0.15, 0.2) is 0 Å². The normalized spacial score (nSPS) is 48.0. The van der Waals surface area contributed by atoms with Crippen LogP contribution in [0.4, 0.5) is 0 Å². The summed E-state index contributed by atoms with van der Waals surface area (Å²) in [6, 6.07) is 0. The van der Waals surface area contributed by atoms with Gasteiger partial charge in [-0.2, -0.15) is 11.8 Å². The summed E-state index contributed by atoms with van der Waals surface area (Å²) in [5.41, 5.74) is 0. The molecule has 1 aliphatic rings. The lowest BCUT2D eigenvalue weighted by Crippen LogP contribution is -2.33. The Balaban J connectivity index is 2.64. The van der Waals surface area contributed by atoms with Crippen LogP contribution in [0.2, 0.25) is 0 Å². The van der Waals surface area contributed by atoms with E-state index in [0.717, 1.165) is 12.2 Å². The Morgan fingerprint density at radius 2 is 2.30 bits per heavy atom. The van der Waals surface area contributed by atoms with Crippen LogP contribution in [0.1, 0.15) is 27.2 Å². The van der Waals surface area contributed by atoms with Crippen molar-refractivity contribution in [2.75, 3.05) is 5.75 Å². The summed E-state index contributed by atoms with van der Waals surface area (Å²) in [5.74, 6) is 1.60. The first-order chi connectivity index (χ1) is 4.60. The number of aliphatic hydroxyl groups is 1. The van der Waals surface area contributed by atoms with Crippen LogP contribution in [0, 0.1) is 5.92 Å². The van der Waals surface area contributed by atoms with Crippen LogP contribution in [0.25, 0.3) is 0 Å². The van der Waals surface area contributed by atoms with Crippen LogP contribution in [0.3, 0.4) is 0 Å². The predicted octanol–water partition coefficient (Wildman–Crippen LogP) is 1.90. The molecule has 10 heavy (non-hydrogen) atoms. The number of aliphatic hydroxyl groups excluding tert-OH is 1. The maximum atomic E-state index is 9.70. The van der Waals surface area contributed by atoms with E-state index in [1.807, 2.05) is 11.8 Å². The highest BCUT2D eigenvalue weighted by atomic mass is 32.2. The second kappa shape index (κ2) is 2.74. The summed E-state index contributed by atoms with van der Waals surface area (Å²) in [6.45, 7) is 6.43. The van der Waals surface area contributed by atoms with E-state index in [-0.39, 0.29) is 10.9 Å². The van der Waals surface area contributed by atoms with Crippen molar-refractivity contribution < 1.29 is 5.11 Å². The first-order valence-corrected chi connectivity index (χ1v) is 4.90. The smallest absolute Gasteiger partial charge is 0.0717 e. The molecule has 1 fully saturated rings. The molecule has 1 nitrogen and oxygen atoms in total. The van der Waals surface area contributed by atoms with E-state index in [4.69, 9.17) is 0 Å². The van der Waals surface area contributed by atoms with Gasteiger partial charge in [0.25, 0.3) is 0 Å². The largest absolute Gasteiger partial charge is 0.391 e. The summed E-state index contributed by atoms with van der Waals surface area (Å²) in [5, 5.41) is 9.70. The zero-order valence-electron chi connectivity index (χ0n) is 6.92. The van der Waals surface area contributed by atoms with Crippen molar-refractivity contribution in [3.8, 4) is 0 Å². The minimum absolute atomic E-state index is 0.0949. The van der Waals surface area contributed by atoms with Crippen molar-refractivity contribution in [1.82, 2.24) is 0 Å². The Kier molecular flexibility index (Phi) is 2.31. The van der Waals surface area contributed by atoms with Gasteiger partial charge in [-0.05, 0) is 25.0 Å².